The van der Waals surface area contributed by atoms with E-state index in [0.29, 0.717) is 16.4 Å². The molecule has 5 rings (SSSR count). The number of carbonyl (C=O) groups excluding carboxylic acids is 2. The molecule has 0 aliphatic carbocycles. The maximum Gasteiger partial charge on any atom is 0.271 e. The Morgan fingerprint density at radius 1 is 1.11 bits per heavy atom. The number of nitrogens with one attached hydrogen (secondary N) is 2. The van der Waals surface area contributed by atoms with Crippen molar-refractivity contribution in [1.29, 1.82) is 0 Å². The zero-order valence-electron chi connectivity index (χ0n) is 19.4. The van der Waals surface area contributed by atoms with Crippen molar-refractivity contribution < 1.29 is 9.59 Å². The first-order valence-corrected chi connectivity index (χ1v) is 12.8. The molecule has 3 aromatic heterocycles. The molecule has 2 N–H and O–H groups in total. The molecule has 0 bridgehead atoms. The lowest BCUT2D eigenvalue weighted by molar-refractivity contribution is 0.0945. The van der Waals surface area contributed by atoms with Crippen LogP contribution in [-0.4, -0.2) is 45.3 Å². The van der Waals surface area contributed by atoms with Crippen molar-refractivity contribution in [2.45, 2.75) is 26.4 Å². The monoisotopic (exact) mass is 504 g/mol. The van der Waals surface area contributed by atoms with Gasteiger partial charge < -0.3 is 10.2 Å². The van der Waals surface area contributed by atoms with Crippen LogP contribution in [0.5, 0.6) is 0 Å². The molecule has 0 unspecified atom stereocenters. The van der Waals surface area contributed by atoms with Crippen LogP contribution in [0.4, 0.5) is 5.13 Å². The highest BCUT2D eigenvalue weighted by Crippen LogP contribution is 2.28. The summed E-state index contributed by atoms with van der Waals surface area (Å²) in [5.74, 6) is -0.462. The topological polar surface area (TPSA) is 100 Å². The number of fused-ring (bicyclic) bond motifs is 1. The van der Waals surface area contributed by atoms with Crippen molar-refractivity contribution in [2.24, 2.45) is 0 Å². The van der Waals surface area contributed by atoms with Crippen LogP contribution in [0.1, 0.15) is 41.9 Å². The Labute approximate surface area is 211 Å². The van der Waals surface area contributed by atoms with E-state index in [2.05, 4.69) is 37.5 Å². The average molecular weight is 505 g/mol. The highest BCUT2D eigenvalue weighted by atomic mass is 32.1. The predicted molar refractivity (Wildman–Crippen MR) is 138 cm³/mol. The predicted octanol–water partition coefficient (Wildman–Crippen LogP) is 4.14. The lowest BCUT2D eigenvalue weighted by atomic mass is 10.1. The number of anilines is 1. The van der Waals surface area contributed by atoms with Crippen LogP contribution in [-0.2, 0) is 19.5 Å². The second-order valence-electron chi connectivity index (χ2n) is 8.38. The van der Waals surface area contributed by atoms with Crippen LogP contribution >= 0.6 is 22.7 Å². The zero-order chi connectivity index (χ0) is 24.4. The molecule has 2 amide bonds. The van der Waals surface area contributed by atoms with Gasteiger partial charge in [-0.2, -0.15) is 0 Å². The molecule has 4 aromatic rings. The van der Waals surface area contributed by atoms with Gasteiger partial charge in [0.2, 0.25) is 0 Å². The number of likely N-dealkylation sites (N-methyl/N-ethyl adjacent to an activating group) is 1. The summed E-state index contributed by atoms with van der Waals surface area (Å²) in [5, 5.41) is 7.22. The SMILES string of the molecule is Cc1sc(-c2cccnc2)nc1C(=O)NCc1cccc(C(=O)Nc2nc3c(s2)CN(C)CC3)c1. The molecule has 0 saturated heterocycles. The maximum absolute atomic E-state index is 12.8. The van der Waals surface area contributed by atoms with Crippen LogP contribution in [0.3, 0.4) is 0 Å². The van der Waals surface area contributed by atoms with Crippen LogP contribution in [0.25, 0.3) is 10.6 Å². The van der Waals surface area contributed by atoms with Crippen LogP contribution in [0, 0.1) is 6.92 Å². The van der Waals surface area contributed by atoms with Gasteiger partial charge in [-0.25, -0.2) is 9.97 Å². The summed E-state index contributed by atoms with van der Waals surface area (Å²) < 4.78 is 0. The molecule has 35 heavy (non-hydrogen) atoms. The van der Waals surface area contributed by atoms with Crippen molar-refractivity contribution >= 4 is 39.6 Å². The molecule has 0 fully saturated rings. The molecule has 0 saturated carbocycles. The highest BCUT2D eigenvalue weighted by molar-refractivity contribution is 7.16. The van der Waals surface area contributed by atoms with E-state index in [0.717, 1.165) is 46.2 Å². The highest BCUT2D eigenvalue weighted by Gasteiger charge is 2.20. The van der Waals surface area contributed by atoms with E-state index >= 15 is 0 Å². The van der Waals surface area contributed by atoms with Gasteiger partial charge in [-0.05, 0) is 43.8 Å². The zero-order valence-corrected chi connectivity index (χ0v) is 21.0. The van der Waals surface area contributed by atoms with Gasteiger partial charge in [0.25, 0.3) is 11.8 Å². The molecule has 0 radical (unpaired) electrons. The summed E-state index contributed by atoms with van der Waals surface area (Å²) in [6.07, 6.45) is 4.33. The largest absolute Gasteiger partial charge is 0.347 e. The number of aryl methyl sites for hydroxylation is 1. The van der Waals surface area contributed by atoms with Gasteiger partial charge in [0, 0.05) is 59.3 Å². The number of aromatic nitrogens is 3. The Kier molecular flexibility index (Phi) is 6.67. The molecule has 4 heterocycles. The summed E-state index contributed by atoms with van der Waals surface area (Å²) in [6, 6.07) is 11.0. The molecule has 1 aliphatic rings. The van der Waals surface area contributed by atoms with E-state index in [9.17, 15) is 9.59 Å². The molecule has 178 valence electrons. The van der Waals surface area contributed by atoms with Crippen molar-refractivity contribution in [2.75, 3.05) is 18.9 Å². The van der Waals surface area contributed by atoms with E-state index < -0.39 is 0 Å². The van der Waals surface area contributed by atoms with Gasteiger partial charge in [0.05, 0.1) is 5.69 Å². The number of benzene rings is 1. The normalized spacial score (nSPS) is 13.3. The second kappa shape index (κ2) is 10.0. The molecular weight excluding hydrogens is 480 g/mol. The van der Waals surface area contributed by atoms with E-state index in [1.165, 1.54) is 27.6 Å². The quantitative estimate of drug-likeness (QED) is 0.409. The van der Waals surface area contributed by atoms with Crippen molar-refractivity contribution in [3.63, 3.8) is 0 Å². The molecule has 1 aliphatic heterocycles. The van der Waals surface area contributed by atoms with E-state index in [-0.39, 0.29) is 18.4 Å². The summed E-state index contributed by atoms with van der Waals surface area (Å²) in [6.45, 7) is 4.01. The minimum absolute atomic E-state index is 0.214. The van der Waals surface area contributed by atoms with E-state index in [1.54, 1.807) is 24.5 Å². The smallest absolute Gasteiger partial charge is 0.271 e. The fourth-order valence-corrected chi connectivity index (χ4v) is 5.84. The molecule has 1 aromatic carbocycles. The summed E-state index contributed by atoms with van der Waals surface area (Å²) in [5.41, 5.74) is 3.70. The first kappa shape index (κ1) is 23.3. The Balaban J connectivity index is 1.22. The standard InChI is InChI=1S/C25H24N6O2S2/c1-15-21(29-24(34-15)18-7-4-9-26-13-18)23(33)27-12-16-5-3-6-17(11-16)22(32)30-25-28-19-8-10-31(2)14-20(19)35-25/h3-7,9,11,13H,8,10,12,14H2,1-2H3,(H,27,33)(H,28,30,32). The third kappa shape index (κ3) is 5.29. The van der Waals surface area contributed by atoms with Crippen LogP contribution < -0.4 is 10.6 Å². The number of thiazole rings is 2. The maximum atomic E-state index is 12.8. The van der Waals surface area contributed by atoms with Crippen LogP contribution in [0.15, 0.2) is 48.8 Å². The molecule has 0 atom stereocenters. The molecule has 8 nitrogen and oxygen atoms in total. The van der Waals surface area contributed by atoms with Gasteiger partial charge in [0.15, 0.2) is 5.13 Å². The first-order valence-electron chi connectivity index (χ1n) is 11.2. The van der Waals surface area contributed by atoms with Crippen molar-refractivity contribution in [1.82, 2.24) is 25.2 Å². The van der Waals surface area contributed by atoms with E-state index in [4.69, 9.17) is 0 Å². The van der Waals surface area contributed by atoms with Crippen LogP contribution in [0.2, 0.25) is 0 Å². The van der Waals surface area contributed by atoms with Gasteiger partial charge in [-0.15, -0.1) is 22.7 Å². The number of nitrogens with zero attached hydrogens (tertiary/aromatic N) is 4. The summed E-state index contributed by atoms with van der Waals surface area (Å²) >= 11 is 2.99. The van der Waals surface area contributed by atoms with Gasteiger partial charge in [-0.1, -0.05) is 12.1 Å². The number of amides is 2. The van der Waals surface area contributed by atoms with E-state index in [1.807, 2.05) is 31.2 Å². The van der Waals surface area contributed by atoms with Gasteiger partial charge in [-0.3, -0.25) is 19.9 Å². The third-order valence-corrected chi connectivity index (χ3v) is 7.72. The number of pyridine rings is 1. The minimum Gasteiger partial charge on any atom is -0.347 e. The number of carbonyl (C=O) groups is 2. The Morgan fingerprint density at radius 3 is 2.83 bits per heavy atom. The molecular formula is C25H24N6O2S2. The van der Waals surface area contributed by atoms with Crippen molar-refractivity contribution in [3.8, 4) is 10.6 Å². The molecule has 0 spiro atoms. The minimum atomic E-state index is -0.248. The number of hydrogen-bond acceptors (Lipinski definition) is 8. The molecule has 10 heteroatoms. The first-order chi connectivity index (χ1) is 17.0. The number of rotatable bonds is 6. The van der Waals surface area contributed by atoms with Gasteiger partial charge >= 0.3 is 0 Å². The fourth-order valence-electron chi connectivity index (χ4n) is 3.85. The lowest BCUT2D eigenvalue weighted by Crippen LogP contribution is -2.25. The van der Waals surface area contributed by atoms with Gasteiger partial charge in [0.1, 0.15) is 10.7 Å². The Hall–Kier alpha value is -3.47. The fraction of sp³-hybridized carbons (Fsp3) is 0.240. The number of hydrogen-bond donors (Lipinski definition) is 2. The lowest BCUT2D eigenvalue weighted by Gasteiger charge is -2.20. The second-order valence-corrected chi connectivity index (χ2v) is 10.7. The Bertz CT molecular complexity index is 1380. The Morgan fingerprint density at radius 2 is 2.00 bits per heavy atom. The van der Waals surface area contributed by atoms with Crippen molar-refractivity contribution in [3.05, 3.63) is 81.1 Å². The summed E-state index contributed by atoms with van der Waals surface area (Å²) in [7, 11) is 2.08. The summed E-state index contributed by atoms with van der Waals surface area (Å²) in [4.78, 5) is 43.1. The average Bonchev–Trinajstić information content (AvgIpc) is 3.45. The third-order valence-electron chi connectivity index (χ3n) is 5.70.